The number of hydrogen-bond donors (Lipinski definition) is 4. The number of nitrogens with zero attached hydrogens (tertiary/aromatic N) is 1. The van der Waals surface area contributed by atoms with Crippen LogP contribution in [0, 0.1) is 0 Å². The third-order valence-corrected chi connectivity index (χ3v) is 2.48. The lowest BCUT2D eigenvalue weighted by Crippen LogP contribution is -2.51. The first kappa shape index (κ1) is 15.5. The number of hydrogen-bond acceptors (Lipinski definition) is 5. The van der Waals surface area contributed by atoms with Crippen LogP contribution in [0.25, 0.3) is 0 Å². The van der Waals surface area contributed by atoms with Crippen LogP contribution in [0.2, 0.25) is 0 Å². The average Bonchev–Trinajstić information content (AvgIpc) is 2.89. The van der Waals surface area contributed by atoms with Gasteiger partial charge in [0.15, 0.2) is 0 Å². The molecule has 0 saturated carbocycles. The van der Waals surface area contributed by atoms with E-state index in [2.05, 4.69) is 25.3 Å². The molecule has 0 aliphatic carbocycles. The number of rotatable bonds is 6. The second-order valence-electron chi connectivity index (χ2n) is 4.03. The fraction of sp³-hybridized carbons (Fsp3) is 0.455. The highest BCUT2D eigenvalue weighted by Gasteiger charge is 2.23. The second-order valence-corrected chi connectivity index (χ2v) is 4.03. The zero-order valence-electron chi connectivity index (χ0n) is 11.0. The first-order chi connectivity index (χ1) is 9.43. The molecule has 2 amide bonds. The Kier molecular flexibility index (Phi) is 5.51. The topological polar surface area (TPSA) is 133 Å². The van der Waals surface area contributed by atoms with Gasteiger partial charge in [-0.25, -0.2) is 19.4 Å². The number of carbonyl (C=O) groups is 3. The third-order valence-electron chi connectivity index (χ3n) is 2.48. The number of carboxylic acid groups (broad SMARTS) is 1. The normalized spacial score (nSPS) is 13.1. The molecule has 0 spiro atoms. The van der Waals surface area contributed by atoms with Crippen molar-refractivity contribution in [2.45, 2.75) is 25.4 Å². The Labute approximate surface area is 114 Å². The van der Waals surface area contributed by atoms with E-state index in [0.29, 0.717) is 5.69 Å². The van der Waals surface area contributed by atoms with Gasteiger partial charge in [0.25, 0.3) is 0 Å². The van der Waals surface area contributed by atoms with E-state index < -0.39 is 30.1 Å². The van der Waals surface area contributed by atoms with E-state index in [1.807, 2.05) is 0 Å². The molecule has 9 nitrogen and oxygen atoms in total. The van der Waals surface area contributed by atoms with E-state index in [-0.39, 0.29) is 6.42 Å². The maximum absolute atomic E-state index is 11.6. The summed E-state index contributed by atoms with van der Waals surface area (Å²) >= 11 is 0. The maximum atomic E-state index is 11.6. The van der Waals surface area contributed by atoms with Crippen molar-refractivity contribution in [2.75, 3.05) is 7.11 Å². The molecule has 0 bridgehead atoms. The molecule has 1 unspecified atom stereocenters. The lowest BCUT2D eigenvalue weighted by molar-refractivity contribution is -0.142. The van der Waals surface area contributed by atoms with Crippen molar-refractivity contribution in [1.29, 1.82) is 0 Å². The van der Waals surface area contributed by atoms with Crippen LogP contribution in [0.15, 0.2) is 12.5 Å². The molecular weight excluding hydrogens is 268 g/mol. The van der Waals surface area contributed by atoms with E-state index in [4.69, 9.17) is 5.11 Å². The number of aliphatic carboxylic acids is 1. The number of aromatic nitrogens is 2. The van der Waals surface area contributed by atoms with Crippen LogP contribution in [0.5, 0.6) is 0 Å². The van der Waals surface area contributed by atoms with Gasteiger partial charge in [0.2, 0.25) is 0 Å². The SMILES string of the molecule is COC(=O)C(C)NC(=O)N[C@@H](Cc1cnc[nH]1)C(=O)O. The minimum Gasteiger partial charge on any atom is -0.480 e. The maximum Gasteiger partial charge on any atom is 0.328 e. The molecule has 0 aliphatic rings. The molecule has 0 radical (unpaired) electrons. The van der Waals surface area contributed by atoms with Crippen LogP contribution in [0.4, 0.5) is 4.79 Å². The van der Waals surface area contributed by atoms with Crippen LogP contribution >= 0.6 is 0 Å². The summed E-state index contributed by atoms with van der Waals surface area (Å²) in [6.45, 7) is 1.43. The fourth-order valence-corrected chi connectivity index (χ4v) is 1.45. The number of carbonyl (C=O) groups excluding carboxylic acids is 2. The van der Waals surface area contributed by atoms with E-state index in [1.54, 1.807) is 0 Å². The Bertz CT molecular complexity index is 473. The summed E-state index contributed by atoms with van der Waals surface area (Å²) in [4.78, 5) is 40.3. The van der Waals surface area contributed by atoms with Gasteiger partial charge < -0.3 is 25.5 Å². The monoisotopic (exact) mass is 284 g/mol. The number of nitrogens with one attached hydrogen (secondary N) is 3. The molecular formula is C11H16N4O5. The molecule has 9 heteroatoms. The van der Waals surface area contributed by atoms with Gasteiger partial charge in [0.1, 0.15) is 12.1 Å². The number of esters is 1. The van der Waals surface area contributed by atoms with Crippen molar-refractivity contribution in [3.63, 3.8) is 0 Å². The highest BCUT2D eigenvalue weighted by Crippen LogP contribution is 1.99. The smallest absolute Gasteiger partial charge is 0.328 e. The van der Waals surface area contributed by atoms with Gasteiger partial charge in [-0.1, -0.05) is 0 Å². The number of methoxy groups -OCH3 is 1. The van der Waals surface area contributed by atoms with Crippen molar-refractivity contribution in [3.05, 3.63) is 18.2 Å². The van der Waals surface area contributed by atoms with Gasteiger partial charge >= 0.3 is 18.0 Å². The lowest BCUT2D eigenvalue weighted by atomic mass is 10.1. The molecule has 0 fully saturated rings. The van der Waals surface area contributed by atoms with Crippen molar-refractivity contribution >= 4 is 18.0 Å². The lowest BCUT2D eigenvalue weighted by Gasteiger charge is -2.16. The van der Waals surface area contributed by atoms with Crippen LogP contribution < -0.4 is 10.6 Å². The molecule has 4 N–H and O–H groups in total. The Morgan fingerprint density at radius 2 is 2.15 bits per heavy atom. The van der Waals surface area contributed by atoms with Gasteiger partial charge in [-0.05, 0) is 6.92 Å². The summed E-state index contributed by atoms with van der Waals surface area (Å²) < 4.78 is 4.44. The minimum absolute atomic E-state index is 0.0510. The Morgan fingerprint density at radius 1 is 1.45 bits per heavy atom. The highest BCUT2D eigenvalue weighted by molar-refractivity contribution is 5.86. The Hall–Kier alpha value is -2.58. The van der Waals surface area contributed by atoms with Crippen molar-refractivity contribution in [1.82, 2.24) is 20.6 Å². The standard InChI is InChI=1S/C11H16N4O5/c1-6(10(18)20-2)14-11(19)15-8(9(16)17)3-7-4-12-5-13-7/h4-6,8H,3H2,1-2H3,(H,12,13)(H,16,17)(H2,14,15,19)/t6?,8-/m0/s1. The zero-order chi connectivity index (χ0) is 15.1. The summed E-state index contributed by atoms with van der Waals surface area (Å²) in [5, 5.41) is 13.6. The number of carboxylic acids is 1. The number of aromatic amines is 1. The van der Waals surface area contributed by atoms with Crippen LogP contribution in [-0.4, -0.2) is 52.2 Å². The number of urea groups is 1. The van der Waals surface area contributed by atoms with E-state index in [9.17, 15) is 14.4 Å². The first-order valence-electron chi connectivity index (χ1n) is 5.79. The summed E-state index contributed by atoms with van der Waals surface area (Å²) in [6.07, 6.45) is 2.93. The first-order valence-corrected chi connectivity index (χ1v) is 5.79. The Morgan fingerprint density at radius 3 is 2.65 bits per heavy atom. The summed E-state index contributed by atoms with van der Waals surface area (Å²) in [6, 6.07) is -2.78. The molecule has 20 heavy (non-hydrogen) atoms. The van der Waals surface area contributed by atoms with Crippen LogP contribution in [0.3, 0.4) is 0 Å². The summed E-state index contributed by atoms with van der Waals surface area (Å²) in [5.74, 6) is -1.82. The predicted molar refractivity (Wildman–Crippen MR) is 66.9 cm³/mol. The molecule has 0 saturated heterocycles. The average molecular weight is 284 g/mol. The quantitative estimate of drug-likeness (QED) is 0.509. The molecule has 0 aliphatic heterocycles. The van der Waals surface area contributed by atoms with Gasteiger partial charge in [0, 0.05) is 18.3 Å². The number of ether oxygens (including phenoxy) is 1. The molecule has 0 aromatic carbocycles. The highest BCUT2D eigenvalue weighted by atomic mass is 16.5. The number of imidazole rings is 1. The molecule has 1 aromatic heterocycles. The van der Waals surface area contributed by atoms with Crippen LogP contribution in [0.1, 0.15) is 12.6 Å². The van der Waals surface area contributed by atoms with Gasteiger partial charge in [-0.2, -0.15) is 0 Å². The fourth-order valence-electron chi connectivity index (χ4n) is 1.45. The van der Waals surface area contributed by atoms with Gasteiger partial charge in [-0.3, -0.25) is 0 Å². The van der Waals surface area contributed by atoms with E-state index in [1.165, 1.54) is 26.6 Å². The van der Waals surface area contributed by atoms with Crippen molar-refractivity contribution < 1.29 is 24.2 Å². The molecule has 1 aromatic rings. The molecule has 1 rings (SSSR count). The predicted octanol–water partition coefficient (Wildman–Crippen LogP) is -0.734. The Balaban J connectivity index is 2.55. The minimum atomic E-state index is -1.19. The summed E-state index contributed by atoms with van der Waals surface area (Å²) in [5.41, 5.74) is 0.568. The van der Waals surface area contributed by atoms with Crippen molar-refractivity contribution in [2.24, 2.45) is 0 Å². The van der Waals surface area contributed by atoms with E-state index in [0.717, 1.165) is 0 Å². The summed E-state index contributed by atoms with van der Waals surface area (Å²) in [7, 11) is 1.19. The van der Waals surface area contributed by atoms with E-state index >= 15 is 0 Å². The molecule has 110 valence electrons. The van der Waals surface area contributed by atoms with Crippen molar-refractivity contribution in [3.8, 4) is 0 Å². The van der Waals surface area contributed by atoms with Gasteiger partial charge in [-0.15, -0.1) is 0 Å². The number of amides is 2. The largest absolute Gasteiger partial charge is 0.480 e. The van der Waals surface area contributed by atoms with Gasteiger partial charge in [0.05, 0.1) is 13.4 Å². The second kappa shape index (κ2) is 7.12. The molecule has 2 atom stereocenters. The number of H-pyrrole nitrogens is 1. The van der Waals surface area contributed by atoms with Crippen LogP contribution in [-0.2, 0) is 20.7 Å². The zero-order valence-corrected chi connectivity index (χ0v) is 11.0. The third kappa shape index (κ3) is 4.59. The molecule has 1 heterocycles.